The van der Waals surface area contributed by atoms with Crippen LogP contribution in [0.5, 0.6) is 0 Å². The van der Waals surface area contributed by atoms with Crippen molar-refractivity contribution in [1.82, 2.24) is 14.9 Å². The maximum atomic E-state index is 13.1. The van der Waals surface area contributed by atoms with Crippen LogP contribution in [0.1, 0.15) is 30.8 Å². The lowest BCUT2D eigenvalue weighted by atomic mass is 10.0. The molecule has 1 N–H and O–H groups in total. The van der Waals surface area contributed by atoms with Gasteiger partial charge in [-0.3, -0.25) is 4.79 Å². The molecule has 2 aliphatic rings. The zero-order valence-corrected chi connectivity index (χ0v) is 12.0. The van der Waals surface area contributed by atoms with Crippen molar-refractivity contribution >= 4 is 5.91 Å². The number of carbonyl (C=O) groups is 1. The molecule has 1 fully saturated rings. The molecule has 1 atom stereocenters. The molecule has 0 bridgehead atoms. The number of nitrogens with one attached hydrogen (secondary N) is 1. The number of likely N-dealkylation sites (tertiary alicyclic amines) is 1. The van der Waals surface area contributed by atoms with E-state index in [1.54, 1.807) is 6.20 Å². The minimum atomic E-state index is -4.54. The Morgan fingerprint density at radius 2 is 2.23 bits per heavy atom. The van der Waals surface area contributed by atoms with Gasteiger partial charge in [-0.15, -0.1) is 10.2 Å². The lowest BCUT2D eigenvalue weighted by molar-refractivity contribution is -0.179. The number of aryl methyl sites for hydroxylation is 2. The average molecular weight is 315 g/mol. The van der Waals surface area contributed by atoms with Crippen molar-refractivity contribution in [2.24, 2.45) is 10.2 Å². The predicted octanol–water partition coefficient (Wildman–Crippen LogP) is 2.37. The number of alkyl halides is 3. The number of amides is 1. The first-order chi connectivity index (χ1) is 10.3. The minimum absolute atomic E-state index is 0.122. The first-order valence-electron chi connectivity index (χ1n) is 7.14. The van der Waals surface area contributed by atoms with Crippen molar-refractivity contribution in [1.29, 1.82) is 0 Å². The van der Waals surface area contributed by atoms with Crippen LogP contribution in [0.4, 0.5) is 13.2 Å². The third kappa shape index (κ3) is 2.48. The van der Waals surface area contributed by atoms with Crippen LogP contribution in [0.15, 0.2) is 16.4 Å². The third-order valence-corrected chi connectivity index (χ3v) is 4.10. The largest absolute Gasteiger partial charge is 0.439 e. The molecular formula is C13H16F3N5O. The molecule has 120 valence electrons. The van der Waals surface area contributed by atoms with Crippen LogP contribution in [0.3, 0.4) is 0 Å². The molecule has 9 heteroatoms. The lowest BCUT2D eigenvalue weighted by Crippen LogP contribution is -2.52. The molecule has 1 unspecified atom stereocenters. The fraction of sp³-hybridized carbons (Fsp3) is 0.692. The van der Waals surface area contributed by atoms with Gasteiger partial charge in [0.05, 0.1) is 6.04 Å². The predicted molar refractivity (Wildman–Crippen MR) is 70.0 cm³/mol. The van der Waals surface area contributed by atoms with Gasteiger partial charge in [-0.25, -0.2) is 4.98 Å². The molecule has 0 spiro atoms. The maximum absolute atomic E-state index is 13.1. The van der Waals surface area contributed by atoms with E-state index in [4.69, 9.17) is 0 Å². The topological polar surface area (TPSA) is 73.7 Å². The molecule has 1 saturated heterocycles. The summed E-state index contributed by atoms with van der Waals surface area (Å²) < 4.78 is 39.3. The third-order valence-electron chi connectivity index (χ3n) is 4.10. The second-order valence-corrected chi connectivity index (χ2v) is 5.68. The van der Waals surface area contributed by atoms with Crippen LogP contribution in [0.2, 0.25) is 0 Å². The summed E-state index contributed by atoms with van der Waals surface area (Å²) >= 11 is 0. The van der Waals surface area contributed by atoms with E-state index in [9.17, 15) is 18.0 Å². The van der Waals surface area contributed by atoms with Crippen molar-refractivity contribution < 1.29 is 18.0 Å². The molecule has 1 amide bonds. The highest BCUT2D eigenvalue weighted by atomic mass is 19.4. The average Bonchev–Trinajstić information content (AvgIpc) is 2.93. The molecule has 3 heterocycles. The molecule has 0 saturated carbocycles. The molecule has 2 aliphatic heterocycles. The zero-order valence-electron chi connectivity index (χ0n) is 12.0. The standard InChI is InChI=1S/C13H16F3N5O/c1-8-7-17-10(18-8)4-5-11(22)21-6-2-3-9(21)12(19-20-12)13(14,15)16/h7,9H,2-6H2,1H3,(H,17,18). The van der Waals surface area contributed by atoms with Crippen molar-refractivity contribution in [2.45, 2.75) is 50.5 Å². The highest BCUT2D eigenvalue weighted by Gasteiger charge is 2.70. The highest BCUT2D eigenvalue weighted by Crippen LogP contribution is 2.51. The Balaban J connectivity index is 1.64. The quantitative estimate of drug-likeness (QED) is 0.926. The Morgan fingerprint density at radius 3 is 2.77 bits per heavy atom. The van der Waals surface area contributed by atoms with Crippen molar-refractivity contribution in [3.8, 4) is 0 Å². The Kier molecular flexibility index (Phi) is 3.45. The summed E-state index contributed by atoms with van der Waals surface area (Å²) in [4.78, 5) is 20.6. The van der Waals surface area contributed by atoms with Crippen molar-refractivity contribution in [3.05, 3.63) is 17.7 Å². The Labute approximate surface area is 124 Å². The number of aromatic amines is 1. The Hall–Kier alpha value is -1.93. The van der Waals surface area contributed by atoms with Crippen LogP contribution in [0, 0.1) is 6.92 Å². The Morgan fingerprint density at radius 1 is 1.50 bits per heavy atom. The monoisotopic (exact) mass is 315 g/mol. The molecule has 1 aromatic rings. The normalized spacial score (nSPS) is 23.1. The fourth-order valence-electron chi connectivity index (χ4n) is 2.94. The van der Waals surface area contributed by atoms with Gasteiger partial charge in [-0.05, 0) is 19.8 Å². The van der Waals surface area contributed by atoms with E-state index >= 15 is 0 Å². The van der Waals surface area contributed by atoms with Gasteiger partial charge in [0.1, 0.15) is 5.82 Å². The number of rotatable bonds is 4. The SMILES string of the molecule is Cc1cnc(CCC(=O)N2CCCC2C2(C(F)(F)F)N=N2)[nH]1. The fourth-order valence-corrected chi connectivity index (χ4v) is 2.94. The highest BCUT2D eigenvalue weighted by molar-refractivity contribution is 5.77. The van der Waals surface area contributed by atoms with Crippen LogP contribution in [-0.4, -0.2) is 45.2 Å². The summed E-state index contributed by atoms with van der Waals surface area (Å²) in [6.07, 6.45) is -1.57. The van der Waals surface area contributed by atoms with Gasteiger partial charge >= 0.3 is 11.8 Å². The van der Waals surface area contributed by atoms with Gasteiger partial charge in [0, 0.05) is 31.3 Å². The van der Waals surface area contributed by atoms with Gasteiger partial charge in [0.2, 0.25) is 5.91 Å². The summed E-state index contributed by atoms with van der Waals surface area (Å²) in [5.74, 6) is 0.352. The summed E-state index contributed by atoms with van der Waals surface area (Å²) in [7, 11) is 0. The second-order valence-electron chi connectivity index (χ2n) is 5.68. The van der Waals surface area contributed by atoms with E-state index in [0.717, 1.165) is 5.69 Å². The summed E-state index contributed by atoms with van der Waals surface area (Å²) in [5.41, 5.74) is -1.51. The van der Waals surface area contributed by atoms with Crippen molar-refractivity contribution in [3.63, 3.8) is 0 Å². The summed E-state index contributed by atoms with van der Waals surface area (Å²) in [5, 5.41) is 6.46. The van der Waals surface area contributed by atoms with Gasteiger partial charge in [0.15, 0.2) is 0 Å². The smallest absolute Gasteiger partial charge is 0.346 e. The van der Waals surface area contributed by atoms with Gasteiger partial charge < -0.3 is 9.88 Å². The number of halogens is 3. The van der Waals surface area contributed by atoms with Crippen LogP contribution >= 0.6 is 0 Å². The van der Waals surface area contributed by atoms with E-state index in [1.807, 2.05) is 6.92 Å². The molecule has 3 rings (SSSR count). The van der Waals surface area contributed by atoms with Gasteiger partial charge in [-0.2, -0.15) is 13.2 Å². The number of hydrogen-bond donors (Lipinski definition) is 1. The van der Waals surface area contributed by atoms with Crippen LogP contribution < -0.4 is 0 Å². The maximum Gasteiger partial charge on any atom is 0.439 e. The van der Waals surface area contributed by atoms with E-state index in [2.05, 4.69) is 20.2 Å². The van der Waals surface area contributed by atoms with Crippen LogP contribution in [-0.2, 0) is 11.2 Å². The van der Waals surface area contributed by atoms with Gasteiger partial charge in [-0.1, -0.05) is 0 Å². The van der Waals surface area contributed by atoms with Gasteiger partial charge in [0.25, 0.3) is 0 Å². The van der Waals surface area contributed by atoms with E-state index in [-0.39, 0.29) is 18.7 Å². The first kappa shape index (κ1) is 15.0. The molecule has 0 aromatic carbocycles. The van der Waals surface area contributed by atoms with E-state index < -0.39 is 17.9 Å². The summed E-state index contributed by atoms with van der Waals surface area (Å²) in [6, 6.07) is -1.00. The number of aromatic nitrogens is 2. The molecule has 22 heavy (non-hydrogen) atoms. The lowest BCUT2D eigenvalue weighted by Gasteiger charge is -2.29. The number of nitrogens with zero attached hydrogens (tertiary/aromatic N) is 4. The number of H-pyrrole nitrogens is 1. The van der Waals surface area contributed by atoms with Crippen LogP contribution in [0.25, 0.3) is 0 Å². The zero-order chi connectivity index (χ0) is 16.0. The Bertz CT molecular complexity index is 603. The molecule has 0 aliphatic carbocycles. The second kappa shape index (κ2) is 5.06. The molecular weight excluding hydrogens is 299 g/mol. The molecule has 0 radical (unpaired) electrons. The minimum Gasteiger partial charge on any atom is -0.346 e. The van der Waals surface area contributed by atoms with E-state index in [1.165, 1.54) is 4.90 Å². The summed E-state index contributed by atoms with van der Waals surface area (Å²) in [6.45, 7) is 2.17. The number of carbonyl (C=O) groups excluding carboxylic acids is 1. The number of imidazole rings is 1. The molecule has 6 nitrogen and oxygen atoms in total. The molecule has 1 aromatic heterocycles. The van der Waals surface area contributed by atoms with E-state index in [0.29, 0.717) is 25.2 Å². The number of hydrogen-bond acceptors (Lipinski definition) is 4. The first-order valence-corrected chi connectivity index (χ1v) is 7.14. The van der Waals surface area contributed by atoms with Crippen molar-refractivity contribution in [2.75, 3.05) is 6.54 Å².